The van der Waals surface area contributed by atoms with Crippen molar-refractivity contribution in [2.24, 2.45) is 0 Å². The molecule has 14 heavy (non-hydrogen) atoms. The zero-order valence-corrected chi connectivity index (χ0v) is 10.1. The van der Waals surface area contributed by atoms with Gasteiger partial charge in [-0.3, -0.25) is 4.98 Å². The Morgan fingerprint density at radius 2 is 1.86 bits per heavy atom. The van der Waals surface area contributed by atoms with Crippen LogP contribution in [0, 0.1) is 0 Å². The van der Waals surface area contributed by atoms with Gasteiger partial charge in [-0.25, -0.2) is 0 Å². The maximum absolute atomic E-state index is 4.18. The molecule has 0 unspecified atom stereocenters. The van der Waals surface area contributed by atoms with E-state index in [0.717, 1.165) is 5.92 Å². The van der Waals surface area contributed by atoms with E-state index in [1.807, 2.05) is 16.8 Å². The van der Waals surface area contributed by atoms with Crippen molar-refractivity contribution in [3.8, 4) is 0 Å². The lowest BCUT2D eigenvalue weighted by molar-refractivity contribution is 0.530. The molecule has 1 aromatic heterocycles. The quantitative estimate of drug-likeness (QED) is 0.642. The molecule has 0 aliphatic rings. The van der Waals surface area contributed by atoms with E-state index in [2.05, 4.69) is 25.0 Å². The number of aromatic nitrogens is 1. The second kappa shape index (κ2) is 6.99. The molecule has 0 aromatic carbocycles. The summed E-state index contributed by atoms with van der Waals surface area (Å²) in [6, 6.07) is 0. The summed E-state index contributed by atoms with van der Waals surface area (Å²) in [7, 11) is 0. The molecule has 2 heteroatoms. The lowest BCUT2D eigenvalue weighted by Crippen LogP contribution is -1.96. The van der Waals surface area contributed by atoms with Gasteiger partial charge in [0.1, 0.15) is 0 Å². The first-order valence-corrected chi connectivity index (χ1v) is 6.64. The molecule has 0 saturated carbocycles. The molecule has 1 rings (SSSR count). The Morgan fingerprint density at radius 1 is 1.21 bits per heavy atom. The van der Waals surface area contributed by atoms with Crippen molar-refractivity contribution in [1.82, 2.24) is 4.98 Å². The van der Waals surface area contributed by atoms with Crippen LogP contribution in [0.2, 0.25) is 0 Å². The summed E-state index contributed by atoms with van der Waals surface area (Å²) in [5.41, 5.74) is 1.96. The van der Waals surface area contributed by atoms with E-state index in [-0.39, 0.29) is 0 Å². The fraction of sp³-hybridized carbons (Fsp3) is 0.750. The highest BCUT2D eigenvalue weighted by molar-refractivity contribution is 7.09. The second-order valence-corrected chi connectivity index (χ2v) is 4.80. The van der Waals surface area contributed by atoms with Gasteiger partial charge in [-0.2, -0.15) is 0 Å². The van der Waals surface area contributed by atoms with Crippen molar-refractivity contribution >= 4 is 11.3 Å². The van der Waals surface area contributed by atoms with Gasteiger partial charge in [-0.15, -0.1) is 11.3 Å². The van der Waals surface area contributed by atoms with Crippen LogP contribution in [0.3, 0.4) is 0 Å². The topological polar surface area (TPSA) is 12.9 Å². The van der Waals surface area contributed by atoms with Crippen LogP contribution in [0.15, 0.2) is 11.7 Å². The van der Waals surface area contributed by atoms with E-state index >= 15 is 0 Å². The van der Waals surface area contributed by atoms with E-state index in [0.29, 0.717) is 0 Å². The van der Waals surface area contributed by atoms with Crippen LogP contribution in [0.4, 0.5) is 0 Å². The third kappa shape index (κ3) is 3.79. The second-order valence-electron chi connectivity index (χ2n) is 3.89. The Labute approximate surface area is 91.6 Å². The molecule has 0 spiro atoms. The minimum Gasteiger partial charge on any atom is -0.253 e. The van der Waals surface area contributed by atoms with Crippen molar-refractivity contribution in [2.75, 3.05) is 0 Å². The summed E-state index contributed by atoms with van der Waals surface area (Å²) in [6.07, 6.45) is 10.1. The summed E-state index contributed by atoms with van der Waals surface area (Å²) in [4.78, 5) is 5.67. The summed E-state index contributed by atoms with van der Waals surface area (Å²) < 4.78 is 0. The van der Waals surface area contributed by atoms with Gasteiger partial charge >= 0.3 is 0 Å². The number of nitrogens with zero attached hydrogens (tertiary/aromatic N) is 1. The molecule has 0 fully saturated rings. The van der Waals surface area contributed by atoms with Crippen LogP contribution in [0.5, 0.6) is 0 Å². The lowest BCUT2D eigenvalue weighted by atomic mass is 9.95. The molecule has 0 aliphatic heterocycles. The normalized spacial score (nSPS) is 11.1. The fourth-order valence-corrected chi connectivity index (χ4v) is 2.55. The number of unbranched alkanes of at least 4 members (excludes halogenated alkanes) is 2. The SMILES string of the molecule is CCCCC(CCCC)c1cncs1. The predicted octanol–water partition coefficient (Wildman–Crippen LogP) is 4.61. The monoisotopic (exact) mass is 211 g/mol. The summed E-state index contributed by atoms with van der Waals surface area (Å²) in [5, 5.41) is 0. The van der Waals surface area contributed by atoms with Gasteiger partial charge in [-0.1, -0.05) is 39.5 Å². The standard InChI is InChI=1S/C12H21NS/c1-3-5-7-11(8-6-4-2)12-9-13-10-14-12/h9-11H,3-8H2,1-2H3. The van der Waals surface area contributed by atoms with Crippen LogP contribution in [0.1, 0.15) is 63.2 Å². The molecule has 0 saturated heterocycles. The van der Waals surface area contributed by atoms with Crippen LogP contribution in [0.25, 0.3) is 0 Å². The zero-order valence-electron chi connectivity index (χ0n) is 9.33. The Bertz CT molecular complexity index is 210. The first-order valence-electron chi connectivity index (χ1n) is 5.76. The Kier molecular flexibility index (Phi) is 5.85. The number of hydrogen-bond acceptors (Lipinski definition) is 2. The van der Waals surface area contributed by atoms with Crippen molar-refractivity contribution in [1.29, 1.82) is 0 Å². The van der Waals surface area contributed by atoms with E-state index < -0.39 is 0 Å². The summed E-state index contributed by atoms with van der Waals surface area (Å²) in [5.74, 6) is 0.780. The predicted molar refractivity (Wildman–Crippen MR) is 63.9 cm³/mol. The molecule has 0 N–H and O–H groups in total. The molecule has 0 aliphatic carbocycles. The molecule has 0 atom stereocenters. The van der Waals surface area contributed by atoms with Crippen molar-refractivity contribution in [3.63, 3.8) is 0 Å². The van der Waals surface area contributed by atoms with Gasteiger partial charge in [0.05, 0.1) is 5.51 Å². The fourth-order valence-electron chi connectivity index (χ4n) is 1.76. The van der Waals surface area contributed by atoms with Crippen LogP contribution < -0.4 is 0 Å². The van der Waals surface area contributed by atoms with E-state index in [1.54, 1.807) is 0 Å². The molecule has 0 amide bonds. The van der Waals surface area contributed by atoms with Gasteiger partial charge in [0, 0.05) is 11.1 Å². The van der Waals surface area contributed by atoms with E-state index in [4.69, 9.17) is 0 Å². The molecule has 0 bridgehead atoms. The highest BCUT2D eigenvalue weighted by Crippen LogP contribution is 2.29. The smallest absolute Gasteiger partial charge is 0.0794 e. The molecule has 1 heterocycles. The molecular weight excluding hydrogens is 190 g/mol. The average Bonchev–Trinajstić information content (AvgIpc) is 2.71. The third-order valence-electron chi connectivity index (χ3n) is 2.67. The zero-order chi connectivity index (χ0) is 10.2. The van der Waals surface area contributed by atoms with Gasteiger partial charge in [0.2, 0.25) is 0 Å². The van der Waals surface area contributed by atoms with Crippen molar-refractivity contribution in [2.45, 2.75) is 58.3 Å². The van der Waals surface area contributed by atoms with Gasteiger partial charge in [0.25, 0.3) is 0 Å². The van der Waals surface area contributed by atoms with Crippen LogP contribution in [-0.2, 0) is 0 Å². The van der Waals surface area contributed by atoms with Gasteiger partial charge in [0.15, 0.2) is 0 Å². The van der Waals surface area contributed by atoms with Gasteiger partial charge in [-0.05, 0) is 18.8 Å². The highest BCUT2D eigenvalue weighted by Gasteiger charge is 2.11. The largest absolute Gasteiger partial charge is 0.253 e. The van der Waals surface area contributed by atoms with Crippen LogP contribution >= 0.6 is 11.3 Å². The van der Waals surface area contributed by atoms with Crippen LogP contribution in [-0.4, -0.2) is 4.98 Å². The lowest BCUT2D eigenvalue weighted by Gasteiger charge is -2.13. The number of thiazole rings is 1. The van der Waals surface area contributed by atoms with E-state index in [1.165, 1.54) is 43.4 Å². The molecule has 1 nitrogen and oxygen atoms in total. The first-order chi connectivity index (χ1) is 6.88. The Hall–Kier alpha value is -0.370. The maximum Gasteiger partial charge on any atom is 0.0794 e. The first kappa shape index (κ1) is 11.7. The molecule has 1 aromatic rings. The Morgan fingerprint density at radius 3 is 2.29 bits per heavy atom. The minimum absolute atomic E-state index is 0.780. The highest BCUT2D eigenvalue weighted by atomic mass is 32.1. The van der Waals surface area contributed by atoms with E-state index in [9.17, 15) is 0 Å². The molecular formula is C12H21NS. The minimum atomic E-state index is 0.780. The maximum atomic E-state index is 4.18. The number of rotatable bonds is 7. The summed E-state index contributed by atoms with van der Waals surface area (Å²) >= 11 is 1.82. The third-order valence-corrected chi connectivity index (χ3v) is 3.60. The molecule has 80 valence electrons. The number of hydrogen-bond donors (Lipinski definition) is 0. The van der Waals surface area contributed by atoms with Gasteiger partial charge < -0.3 is 0 Å². The molecule has 0 radical (unpaired) electrons. The average molecular weight is 211 g/mol. The van der Waals surface area contributed by atoms with Crippen molar-refractivity contribution < 1.29 is 0 Å². The summed E-state index contributed by atoms with van der Waals surface area (Å²) in [6.45, 7) is 4.53. The van der Waals surface area contributed by atoms with Crippen molar-refractivity contribution in [3.05, 3.63) is 16.6 Å². The Balaban J connectivity index is 2.44.